The molecule has 1 N–H and O–H groups in total. The van der Waals surface area contributed by atoms with Crippen molar-refractivity contribution in [2.24, 2.45) is 0 Å². The maximum atomic E-state index is 12.5. The van der Waals surface area contributed by atoms with Crippen molar-refractivity contribution in [3.63, 3.8) is 0 Å². The molecule has 0 amide bonds. The highest BCUT2D eigenvalue weighted by Crippen LogP contribution is 2.38. The van der Waals surface area contributed by atoms with Crippen LogP contribution in [-0.2, 0) is 12.4 Å². The molecular weight excluding hydrogens is 296 g/mol. The minimum atomic E-state index is -4.78. The fraction of sp³-hybridized carbons (Fsp3) is 0.455. The van der Waals surface area contributed by atoms with Crippen LogP contribution in [-0.4, -0.2) is 6.54 Å². The van der Waals surface area contributed by atoms with Gasteiger partial charge in [-0.2, -0.15) is 26.3 Å². The number of alkyl halides is 6. The zero-order chi connectivity index (χ0) is 13.6. The molecule has 108 valence electrons. The van der Waals surface area contributed by atoms with E-state index in [-0.39, 0.29) is 24.0 Å². The Kier molecular flexibility index (Phi) is 4.41. The van der Waals surface area contributed by atoms with Crippen LogP contribution < -0.4 is 5.32 Å². The van der Waals surface area contributed by atoms with E-state index >= 15 is 0 Å². The molecule has 0 saturated carbocycles. The van der Waals surface area contributed by atoms with E-state index in [0.29, 0.717) is 13.0 Å². The normalized spacial score (nSPS) is 19.6. The zero-order valence-electron chi connectivity index (χ0n) is 9.40. The third-order valence-electron chi connectivity index (χ3n) is 2.84. The molecule has 8 heteroatoms. The molecule has 0 bridgehead atoms. The molecule has 1 fully saturated rings. The molecule has 1 aliphatic rings. The molecule has 1 saturated heterocycles. The Labute approximate surface area is 111 Å². The lowest BCUT2D eigenvalue weighted by Crippen LogP contribution is -2.35. The number of benzene rings is 1. The summed E-state index contributed by atoms with van der Waals surface area (Å²) < 4.78 is 75.2. The number of halogens is 7. The number of hydrogen-bond acceptors (Lipinski definition) is 1. The first-order chi connectivity index (χ1) is 8.18. The smallest absolute Gasteiger partial charge is 0.310 e. The average Bonchev–Trinajstić information content (AvgIpc) is 2.11. The van der Waals surface area contributed by atoms with Gasteiger partial charge in [0.05, 0.1) is 11.1 Å². The summed E-state index contributed by atoms with van der Waals surface area (Å²) in [5, 5.41) is 2.78. The highest BCUT2D eigenvalue weighted by molar-refractivity contribution is 5.85. The molecule has 1 nitrogen and oxygen atoms in total. The Bertz CT molecular complexity index is 417. The third-order valence-corrected chi connectivity index (χ3v) is 2.84. The largest absolute Gasteiger partial charge is 0.416 e. The summed E-state index contributed by atoms with van der Waals surface area (Å²) in [7, 11) is 0. The molecule has 19 heavy (non-hydrogen) atoms. The third kappa shape index (κ3) is 3.54. The molecule has 1 heterocycles. The predicted molar refractivity (Wildman–Crippen MR) is 59.1 cm³/mol. The molecule has 0 aromatic heterocycles. The van der Waals surface area contributed by atoms with Gasteiger partial charge in [0.1, 0.15) is 0 Å². The van der Waals surface area contributed by atoms with Crippen LogP contribution in [0.1, 0.15) is 29.2 Å². The van der Waals surface area contributed by atoms with E-state index in [0.717, 1.165) is 12.1 Å². The van der Waals surface area contributed by atoms with Crippen molar-refractivity contribution >= 4 is 12.4 Å². The average molecular weight is 306 g/mol. The van der Waals surface area contributed by atoms with Gasteiger partial charge in [-0.15, -0.1) is 12.4 Å². The topological polar surface area (TPSA) is 12.0 Å². The molecule has 1 aliphatic heterocycles. The fourth-order valence-electron chi connectivity index (χ4n) is 1.75. The molecule has 1 atom stereocenters. The molecule has 0 spiro atoms. The van der Waals surface area contributed by atoms with Crippen LogP contribution in [0.2, 0.25) is 0 Å². The van der Waals surface area contributed by atoms with Crippen molar-refractivity contribution in [2.45, 2.75) is 24.8 Å². The first-order valence-electron chi connectivity index (χ1n) is 5.21. The molecule has 0 aliphatic carbocycles. The molecule has 2 rings (SSSR count). The lowest BCUT2D eigenvalue weighted by atomic mass is 9.94. The van der Waals surface area contributed by atoms with E-state index in [1.54, 1.807) is 0 Å². The van der Waals surface area contributed by atoms with E-state index < -0.39 is 29.5 Å². The Balaban J connectivity index is 0.00000180. The maximum absolute atomic E-state index is 12.5. The second-order valence-electron chi connectivity index (χ2n) is 4.13. The van der Waals surface area contributed by atoms with Gasteiger partial charge in [-0.3, -0.25) is 0 Å². The Hall–Kier alpha value is -0.950. The summed E-state index contributed by atoms with van der Waals surface area (Å²) in [4.78, 5) is 0. The second-order valence-corrected chi connectivity index (χ2v) is 4.13. The summed E-state index contributed by atoms with van der Waals surface area (Å²) in [5.74, 6) is 0. The molecule has 0 radical (unpaired) electrons. The highest BCUT2D eigenvalue weighted by Gasteiger charge is 2.37. The van der Waals surface area contributed by atoms with Crippen molar-refractivity contribution in [1.29, 1.82) is 0 Å². The van der Waals surface area contributed by atoms with Crippen LogP contribution in [0.4, 0.5) is 26.3 Å². The van der Waals surface area contributed by atoms with Crippen LogP contribution in [0.25, 0.3) is 0 Å². The van der Waals surface area contributed by atoms with Crippen LogP contribution in [0.5, 0.6) is 0 Å². The minimum Gasteiger partial charge on any atom is -0.310 e. The van der Waals surface area contributed by atoms with Gasteiger partial charge in [-0.1, -0.05) is 0 Å². The fourth-order valence-corrected chi connectivity index (χ4v) is 1.75. The quantitative estimate of drug-likeness (QED) is 0.768. The van der Waals surface area contributed by atoms with Gasteiger partial charge < -0.3 is 5.32 Å². The maximum Gasteiger partial charge on any atom is 0.416 e. The van der Waals surface area contributed by atoms with E-state index in [4.69, 9.17) is 0 Å². The van der Waals surface area contributed by atoms with Crippen molar-refractivity contribution in [3.8, 4) is 0 Å². The monoisotopic (exact) mass is 305 g/mol. The van der Waals surface area contributed by atoms with E-state index in [2.05, 4.69) is 5.32 Å². The second kappa shape index (κ2) is 5.20. The SMILES string of the molecule is Cl.FC(F)(F)c1cc([C@@H]2CCN2)cc(C(F)(F)F)c1. The first kappa shape index (κ1) is 16.1. The first-order valence-corrected chi connectivity index (χ1v) is 5.21. The van der Waals surface area contributed by atoms with Crippen LogP contribution in [0.15, 0.2) is 18.2 Å². The van der Waals surface area contributed by atoms with Crippen LogP contribution in [0.3, 0.4) is 0 Å². The van der Waals surface area contributed by atoms with Crippen molar-refractivity contribution in [2.75, 3.05) is 6.54 Å². The Morgan fingerprint density at radius 1 is 0.895 bits per heavy atom. The summed E-state index contributed by atoms with van der Waals surface area (Å²) in [5.41, 5.74) is -2.49. The van der Waals surface area contributed by atoms with E-state index in [9.17, 15) is 26.3 Å². The van der Waals surface area contributed by atoms with Crippen molar-refractivity contribution < 1.29 is 26.3 Å². The molecule has 0 unspecified atom stereocenters. The predicted octanol–water partition coefficient (Wildman–Crippen LogP) is 4.18. The van der Waals surface area contributed by atoms with Crippen molar-refractivity contribution in [3.05, 3.63) is 34.9 Å². The van der Waals surface area contributed by atoms with Gasteiger partial charge in [0.15, 0.2) is 0 Å². The number of rotatable bonds is 1. The van der Waals surface area contributed by atoms with Crippen LogP contribution >= 0.6 is 12.4 Å². The van der Waals surface area contributed by atoms with Gasteiger partial charge in [0.25, 0.3) is 0 Å². The van der Waals surface area contributed by atoms with Crippen molar-refractivity contribution in [1.82, 2.24) is 5.32 Å². The van der Waals surface area contributed by atoms with E-state index in [1.807, 2.05) is 0 Å². The lowest BCUT2D eigenvalue weighted by molar-refractivity contribution is -0.143. The summed E-state index contributed by atoms with van der Waals surface area (Å²) in [6.45, 7) is 0.599. The lowest BCUT2D eigenvalue weighted by Gasteiger charge is -2.29. The van der Waals surface area contributed by atoms with Gasteiger partial charge in [-0.05, 0) is 36.7 Å². The summed E-state index contributed by atoms with van der Waals surface area (Å²) in [6, 6.07) is 1.26. The minimum absolute atomic E-state index is 0. The standard InChI is InChI=1S/C11H9F6N.ClH/c12-10(13,14)7-3-6(9-1-2-18-9)4-8(5-7)11(15,16)17;/h3-5,9,18H,1-2H2;1H/t9-;/m0./s1. The van der Waals surface area contributed by atoms with Gasteiger partial charge >= 0.3 is 12.4 Å². The molecular formula is C11H10ClF6N. The van der Waals surface area contributed by atoms with Crippen LogP contribution in [0, 0.1) is 0 Å². The van der Waals surface area contributed by atoms with Gasteiger partial charge in [0.2, 0.25) is 0 Å². The van der Waals surface area contributed by atoms with E-state index in [1.165, 1.54) is 0 Å². The zero-order valence-corrected chi connectivity index (χ0v) is 10.2. The summed E-state index contributed by atoms with van der Waals surface area (Å²) in [6.07, 6.45) is -9.02. The summed E-state index contributed by atoms with van der Waals surface area (Å²) >= 11 is 0. The van der Waals surface area contributed by atoms with Gasteiger partial charge in [0, 0.05) is 6.04 Å². The van der Waals surface area contributed by atoms with Gasteiger partial charge in [-0.25, -0.2) is 0 Å². The number of nitrogens with one attached hydrogen (secondary N) is 1. The number of hydrogen-bond donors (Lipinski definition) is 1. The Morgan fingerprint density at radius 3 is 1.58 bits per heavy atom. The molecule has 1 aromatic carbocycles. The highest BCUT2D eigenvalue weighted by atomic mass is 35.5. The molecule has 1 aromatic rings. The Morgan fingerprint density at radius 2 is 1.32 bits per heavy atom.